The minimum atomic E-state index is 0.830. The zero-order valence-corrected chi connectivity index (χ0v) is 13.4. The summed E-state index contributed by atoms with van der Waals surface area (Å²) in [6, 6.07) is 10.8. The molecular formula is C18H22ClN. The van der Waals surface area contributed by atoms with Gasteiger partial charge in [-0.05, 0) is 61.7 Å². The largest absolute Gasteiger partial charge is 0.313 e. The van der Waals surface area contributed by atoms with Crippen LogP contribution in [0.25, 0.3) is 11.1 Å². The number of hydrogen-bond acceptors (Lipinski definition) is 1. The highest BCUT2D eigenvalue weighted by molar-refractivity contribution is 6.33. The SMILES string of the molecule is CCNCc1ccc(C)cc1-c1cc(C)c(C)cc1Cl. The topological polar surface area (TPSA) is 12.0 Å². The summed E-state index contributed by atoms with van der Waals surface area (Å²) in [4.78, 5) is 0. The van der Waals surface area contributed by atoms with E-state index in [0.717, 1.165) is 23.7 Å². The molecule has 2 aromatic carbocycles. The van der Waals surface area contributed by atoms with Gasteiger partial charge in [0.25, 0.3) is 0 Å². The summed E-state index contributed by atoms with van der Waals surface area (Å²) >= 11 is 6.47. The molecule has 0 aliphatic carbocycles. The molecule has 2 aromatic rings. The van der Waals surface area contributed by atoms with Gasteiger partial charge in [-0.25, -0.2) is 0 Å². The van der Waals surface area contributed by atoms with Gasteiger partial charge in [-0.1, -0.05) is 42.3 Å². The van der Waals surface area contributed by atoms with E-state index in [1.54, 1.807) is 0 Å². The van der Waals surface area contributed by atoms with Crippen molar-refractivity contribution in [3.05, 3.63) is 57.6 Å². The molecule has 0 bridgehead atoms. The van der Waals surface area contributed by atoms with Crippen molar-refractivity contribution < 1.29 is 0 Å². The van der Waals surface area contributed by atoms with E-state index in [9.17, 15) is 0 Å². The molecule has 1 nitrogen and oxygen atoms in total. The van der Waals surface area contributed by atoms with Gasteiger partial charge in [0.1, 0.15) is 0 Å². The van der Waals surface area contributed by atoms with E-state index in [-0.39, 0.29) is 0 Å². The van der Waals surface area contributed by atoms with E-state index < -0.39 is 0 Å². The Balaban J connectivity index is 2.55. The maximum atomic E-state index is 6.47. The van der Waals surface area contributed by atoms with Crippen LogP contribution in [0, 0.1) is 20.8 Å². The second-order valence-corrected chi connectivity index (χ2v) is 5.76. The Bertz CT molecular complexity index is 617. The van der Waals surface area contributed by atoms with Crippen LogP contribution in [-0.4, -0.2) is 6.54 Å². The number of rotatable bonds is 4. The Labute approximate surface area is 127 Å². The van der Waals surface area contributed by atoms with Crippen LogP contribution in [0.3, 0.4) is 0 Å². The maximum Gasteiger partial charge on any atom is 0.0487 e. The Morgan fingerprint density at radius 3 is 2.35 bits per heavy atom. The molecule has 0 unspecified atom stereocenters. The Morgan fingerprint density at radius 2 is 1.65 bits per heavy atom. The van der Waals surface area contributed by atoms with Crippen molar-refractivity contribution in [1.29, 1.82) is 0 Å². The quantitative estimate of drug-likeness (QED) is 0.830. The van der Waals surface area contributed by atoms with Gasteiger partial charge >= 0.3 is 0 Å². The predicted octanol–water partition coefficient (Wildman–Crippen LogP) is 5.04. The van der Waals surface area contributed by atoms with Crippen LogP contribution in [0.5, 0.6) is 0 Å². The first-order valence-corrected chi connectivity index (χ1v) is 7.48. The second kappa shape index (κ2) is 6.43. The molecule has 2 rings (SSSR count). The molecule has 0 fully saturated rings. The highest BCUT2D eigenvalue weighted by atomic mass is 35.5. The molecule has 106 valence electrons. The first-order valence-electron chi connectivity index (χ1n) is 7.10. The second-order valence-electron chi connectivity index (χ2n) is 5.36. The number of hydrogen-bond donors (Lipinski definition) is 1. The van der Waals surface area contributed by atoms with Crippen LogP contribution >= 0.6 is 11.6 Å². The van der Waals surface area contributed by atoms with Crippen molar-refractivity contribution in [3.8, 4) is 11.1 Å². The minimum Gasteiger partial charge on any atom is -0.313 e. The number of aryl methyl sites for hydroxylation is 3. The summed E-state index contributed by atoms with van der Waals surface area (Å²) < 4.78 is 0. The zero-order valence-electron chi connectivity index (χ0n) is 12.7. The smallest absolute Gasteiger partial charge is 0.0487 e. The van der Waals surface area contributed by atoms with Gasteiger partial charge in [0.2, 0.25) is 0 Å². The highest BCUT2D eigenvalue weighted by Crippen LogP contribution is 2.33. The lowest BCUT2D eigenvalue weighted by atomic mass is 9.95. The lowest BCUT2D eigenvalue weighted by molar-refractivity contribution is 0.728. The highest BCUT2D eigenvalue weighted by Gasteiger charge is 2.10. The molecule has 0 heterocycles. The summed E-state index contributed by atoms with van der Waals surface area (Å²) in [6.45, 7) is 10.3. The van der Waals surface area contributed by atoms with E-state index in [1.807, 2.05) is 0 Å². The summed E-state index contributed by atoms with van der Waals surface area (Å²) in [5.74, 6) is 0. The van der Waals surface area contributed by atoms with Gasteiger partial charge in [0, 0.05) is 17.1 Å². The number of benzene rings is 2. The van der Waals surface area contributed by atoms with Gasteiger partial charge in [0.15, 0.2) is 0 Å². The third-order valence-electron chi connectivity index (χ3n) is 3.70. The lowest BCUT2D eigenvalue weighted by Gasteiger charge is -2.14. The predicted molar refractivity (Wildman–Crippen MR) is 88.5 cm³/mol. The molecule has 0 aliphatic heterocycles. The lowest BCUT2D eigenvalue weighted by Crippen LogP contribution is -2.12. The molecular weight excluding hydrogens is 266 g/mol. The third-order valence-corrected chi connectivity index (χ3v) is 4.02. The molecule has 1 N–H and O–H groups in total. The van der Waals surface area contributed by atoms with Gasteiger partial charge in [0.05, 0.1) is 0 Å². The van der Waals surface area contributed by atoms with E-state index >= 15 is 0 Å². The summed E-state index contributed by atoms with van der Waals surface area (Å²) in [7, 11) is 0. The Morgan fingerprint density at radius 1 is 0.950 bits per heavy atom. The molecule has 0 aromatic heterocycles. The van der Waals surface area contributed by atoms with Crippen LogP contribution in [0.15, 0.2) is 30.3 Å². The summed E-state index contributed by atoms with van der Waals surface area (Å²) in [5.41, 5.74) is 7.43. The summed E-state index contributed by atoms with van der Waals surface area (Å²) in [6.07, 6.45) is 0. The number of halogens is 1. The maximum absolute atomic E-state index is 6.47. The van der Waals surface area contributed by atoms with E-state index in [4.69, 9.17) is 11.6 Å². The molecule has 2 heteroatoms. The zero-order chi connectivity index (χ0) is 14.7. The fraction of sp³-hybridized carbons (Fsp3) is 0.333. The molecule has 0 spiro atoms. The Hall–Kier alpha value is -1.31. The summed E-state index contributed by atoms with van der Waals surface area (Å²) in [5, 5.41) is 4.23. The molecule has 0 radical (unpaired) electrons. The van der Waals surface area contributed by atoms with Crippen molar-refractivity contribution in [3.63, 3.8) is 0 Å². The average Bonchev–Trinajstić information content (AvgIpc) is 2.41. The van der Waals surface area contributed by atoms with Gasteiger partial charge in [-0.15, -0.1) is 0 Å². The van der Waals surface area contributed by atoms with Crippen LogP contribution in [0.2, 0.25) is 5.02 Å². The van der Waals surface area contributed by atoms with Crippen molar-refractivity contribution in [2.75, 3.05) is 6.54 Å². The molecule has 0 aliphatic rings. The van der Waals surface area contributed by atoms with Gasteiger partial charge in [-0.2, -0.15) is 0 Å². The molecule has 0 saturated heterocycles. The average molecular weight is 288 g/mol. The van der Waals surface area contributed by atoms with Crippen molar-refractivity contribution >= 4 is 11.6 Å². The van der Waals surface area contributed by atoms with Crippen molar-refractivity contribution in [2.45, 2.75) is 34.2 Å². The van der Waals surface area contributed by atoms with Crippen molar-refractivity contribution in [2.24, 2.45) is 0 Å². The van der Waals surface area contributed by atoms with Crippen LogP contribution in [0.1, 0.15) is 29.2 Å². The van der Waals surface area contributed by atoms with Crippen LogP contribution in [-0.2, 0) is 6.54 Å². The fourth-order valence-corrected chi connectivity index (χ4v) is 2.66. The number of nitrogens with one attached hydrogen (secondary N) is 1. The van der Waals surface area contributed by atoms with Crippen LogP contribution in [0.4, 0.5) is 0 Å². The fourth-order valence-electron chi connectivity index (χ4n) is 2.34. The minimum absolute atomic E-state index is 0.830. The van der Waals surface area contributed by atoms with E-state index in [0.29, 0.717) is 0 Å². The van der Waals surface area contributed by atoms with Gasteiger partial charge < -0.3 is 5.32 Å². The standard InChI is InChI=1S/C18H22ClN/c1-5-20-11-15-7-6-12(2)8-16(15)17-9-13(3)14(4)10-18(17)19/h6-10,20H,5,11H2,1-4H3. The van der Waals surface area contributed by atoms with Crippen LogP contribution < -0.4 is 5.32 Å². The van der Waals surface area contributed by atoms with Crippen molar-refractivity contribution in [1.82, 2.24) is 5.32 Å². The first-order chi connectivity index (χ1) is 9.52. The third kappa shape index (κ3) is 3.23. The molecule has 0 saturated carbocycles. The Kier molecular flexibility index (Phi) is 4.85. The van der Waals surface area contributed by atoms with E-state index in [2.05, 4.69) is 63.3 Å². The molecule has 20 heavy (non-hydrogen) atoms. The molecule has 0 amide bonds. The monoisotopic (exact) mass is 287 g/mol. The normalized spacial score (nSPS) is 10.8. The first kappa shape index (κ1) is 15.1. The molecule has 0 atom stereocenters. The van der Waals surface area contributed by atoms with Gasteiger partial charge in [-0.3, -0.25) is 0 Å². The van der Waals surface area contributed by atoms with E-state index in [1.165, 1.54) is 27.8 Å².